The van der Waals surface area contributed by atoms with E-state index in [0.29, 0.717) is 0 Å². The molecule has 2 aliphatic rings. The summed E-state index contributed by atoms with van der Waals surface area (Å²) < 4.78 is 13.0. The molecule has 0 saturated carbocycles. The molecule has 3 heterocycles. The van der Waals surface area contributed by atoms with Crippen molar-refractivity contribution >= 4 is 5.82 Å². The maximum absolute atomic E-state index is 13.0. The summed E-state index contributed by atoms with van der Waals surface area (Å²) in [6.45, 7) is 5.87. The summed E-state index contributed by atoms with van der Waals surface area (Å²) >= 11 is 0. The van der Waals surface area contributed by atoms with Crippen molar-refractivity contribution in [2.75, 3.05) is 37.6 Å². The minimum absolute atomic E-state index is 0.254. The van der Waals surface area contributed by atoms with E-state index in [0.717, 1.165) is 24.8 Å². The van der Waals surface area contributed by atoms with Crippen LogP contribution < -0.4 is 4.90 Å². The Bertz CT molecular complexity index is 414. The van der Waals surface area contributed by atoms with Gasteiger partial charge in [-0.15, -0.1) is 0 Å². The molecule has 0 aliphatic carbocycles. The molecule has 1 unspecified atom stereocenters. The van der Waals surface area contributed by atoms with E-state index in [1.165, 1.54) is 64.0 Å². The Morgan fingerprint density at radius 1 is 1.10 bits per heavy atom. The average Bonchev–Trinajstić information content (AvgIpc) is 2.49. The zero-order valence-electron chi connectivity index (χ0n) is 12.1. The Labute approximate surface area is 120 Å². The fourth-order valence-electron chi connectivity index (χ4n) is 3.48. The van der Waals surface area contributed by atoms with Crippen molar-refractivity contribution in [2.45, 2.75) is 32.1 Å². The molecule has 2 saturated heterocycles. The number of rotatable bonds is 3. The van der Waals surface area contributed by atoms with Crippen LogP contribution in [0.1, 0.15) is 32.1 Å². The van der Waals surface area contributed by atoms with Gasteiger partial charge in [0, 0.05) is 19.6 Å². The van der Waals surface area contributed by atoms with E-state index in [2.05, 4.69) is 14.8 Å². The number of hydrogen-bond donors (Lipinski definition) is 0. The van der Waals surface area contributed by atoms with Gasteiger partial charge in [-0.1, -0.05) is 6.42 Å². The number of piperidine rings is 2. The van der Waals surface area contributed by atoms with Gasteiger partial charge in [-0.2, -0.15) is 0 Å². The predicted octanol–water partition coefficient (Wildman–Crippen LogP) is 2.92. The van der Waals surface area contributed by atoms with Gasteiger partial charge in [0.05, 0.1) is 6.20 Å². The van der Waals surface area contributed by atoms with Crippen molar-refractivity contribution < 1.29 is 4.39 Å². The summed E-state index contributed by atoms with van der Waals surface area (Å²) in [7, 11) is 0. The predicted molar refractivity (Wildman–Crippen MR) is 79.4 cm³/mol. The molecular weight excluding hydrogens is 253 g/mol. The highest BCUT2D eigenvalue weighted by Gasteiger charge is 2.23. The van der Waals surface area contributed by atoms with E-state index in [9.17, 15) is 4.39 Å². The van der Waals surface area contributed by atoms with Crippen LogP contribution in [0.2, 0.25) is 0 Å². The minimum atomic E-state index is -0.254. The first-order valence-electron chi connectivity index (χ1n) is 7.90. The monoisotopic (exact) mass is 277 g/mol. The first-order valence-corrected chi connectivity index (χ1v) is 7.90. The second kappa shape index (κ2) is 6.53. The number of hydrogen-bond acceptors (Lipinski definition) is 3. The zero-order valence-corrected chi connectivity index (χ0v) is 12.1. The first-order chi connectivity index (χ1) is 9.81. The van der Waals surface area contributed by atoms with Crippen molar-refractivity contribution in [3.05, 3.63) is 24.1 Å². The van der Waals surface area contributed by atoms with E-state index >= 15 is 0 Å². The van der Waals surface area contributed by atoms with Crippen LogP contribution in [-0.4, -0.2) is 42.6 Å². The Hall–Kier alpha value is -1.16. The highest BCUT2D eigenvalue weighted by atomic mass is 19.1. The Balaban J connectivity index is 1.57. The fraction of sp³-hybridized carbons (Fsp3) is 0.688. The SMILES string of the molecule is Fc1ccc(N2CCCC(CN3CCCCC3)C2)nc1. The second-order valence-corrected chi connectivity index (χ2v) is 6.15. The quantitative estimate of drug-likeness (QED) is 0.847. The van der Waals surface area contributed by atoms with E-state index in [1.54, 1.807) is 6.07 Å². The van der Waals surface area contributed by atoms with E-state index < -0.39 is 0 Å². The molecule has 2 aliphatic heterocycles. The number of halogens is 1. The average molecular weight is 277 g/mol. The summed E-state index contributed by atoms with van der Waals surface area (Å²) in [5, 5.41) is 0. The number of likely N-dealkylation sites (tertiary alicyclic amines) is 1. The van der Waals surface area contributed by atoms with Crippen LogP contribution in [0.25, 0.3) is 0 Å². The van der Waals surface area contributed by atoms with Crippen molar-refractivity contribution in [1.29, 1.82) is 0 Å². The molecule has 1 aromatic heterocycles. The number of anilines is 1. The molecule has 1 aromatic rings. The lowest BCUT2D eigenvalue weighted by atomic mass is 9.96. The van der Waals surface area contributed by atoms with E-state index in [1.807, 2.05) is 0 Å². The Morgan fingerprint density at radius 2 is 1.95 bits per heavy atom. The van der Waals surface area contributed by atoms with Crippen molar-refractivity contribution in [3.63, 3.8) is 0 Å². The standard InChI is InChI=1S/C16H24FN3/c17-15-6-7-16(18-11-15)20-10-4-5-14(13-20)12-19-8-2-1-3-9-19/h6-7,11,14H,1-5,8-10,12-13H2. The molecule has 110 valence electrons. The number of pyridine rings is 1. The Kier molecular flexibility index (Phi) is 4.51. The van der Waals surface area contributed by atoms with Gasteiger partial charge in [0.2, 0.25) is 0 Å². The third-order valence-electron chi connectivity index (χ3n) is 4.52. The van der Waals surface area contributed by atoms with Gasteiger partial charge in [0.25, 0.3) is 0 Å². The first kappa shape index (κ1) is 13.8. The molecule has 0 radical (unpaired) electrons. The van der Waals surface area contributed by atoms with Crippen LogP contribution in [0, 0.1) is 11.7 Å². The Morgan fingerprint density at radius 3 is 2.70 bits per heavy atom. The zero-order chi connectivity index (χ0) is 13.8. The van der Waals surface area contributed by atoms with Crippen LogP contribution in [-0.2, 0) is 0 Å². The van der Waals surface area contributed by atoms with Gasteiger partial charge < -0.3 is 9.80 Å². The van der Waals surface area contributed by atoms with Gasteiger partial charge >= 0.3 is 0 Å². The van der Waals surface area contributed by atoms with Gasteiger partial charge in [-0.25, -0.2) is 9.37 Å². The molecule has 20 heavy (non-hydrogen) atoms. The van der Waals surface area contributed by atoms with Gasteiger partial charge in [0.1, 0.15) is 11.6 Å². The highest BCUT2D eigenvalue weighted by molar-refractivity contribution is 5.38. The lowest BCUT2D eigenvalue weighted by Gasteiger charge is -2.37. The number of nitrogens with zero attached hydrogens (tertiary/aromatic N) is 3. The molecular formula is C16H24FN3. The van der Waals surface area contributed by atoms with E-state index in [4.69, 9.17) is 0 Å². The molecule has 3 rings (SSSR count). The van der Waals surface area contributed by atoms with Crippen LogP contribution in [0.3, 0.4) is 0 Å². The normalized spacial score (nSPS) is 24.9. The second-order valence-electron chi connectivity index (χ2n) is 6.15. The van der Waals surface area contributed by atoms with Crippen molar-refractivity contribution in [2.24, 2.45) is 5.92 Å². The molecule has 1 atom stereocenters. The lowest BCUT2D eigenvalue weighted by molar-refractivity contribution is 0.185. The van der Waals surface area contributed by atoms with Crippen LogP contribution >= 0.6 is 0 Å². The van der Waals surface area contributed by atoms with Crippen LogP contribution in [0.15, 0.2) is 18.3 Å². The van der Waals surface area contributed by atoms with E-state index in [-0.39, 0.29) is 5.82 Å². The minimum Gasteiger partial charge on any atom is -0.356 e. The summed E-state index contributed by atoms with van der Waals surface area (Å²) in [5.41, 5.74) is 0. The van der Waals surface area contributed by atoms with Crippen LogP contribution in [0.5, 0.6) is 0 Å². The smallest absolute Gasteiger partial charge is 0.141 e. The largest absolute Gasteiger partial charge is 0.356 e. The molecule has 2 fully saturated rings. The van der Waals surface area contributed by atoms with Gasteiger partial charge in [0.15, 0.2) is 0 Å². The molecule has 0 aromatic carbocycles. The summed E-state index contributed by atoms with van der Waals surface area (Å²) in [4.78, 5) is 9.16. The third kappa shape index (κ3) is 3.48. The molecule has 0 spiro atoms. The highest BCUT2D eigenvalue weighted by Crippen LogP contribution is 2.23. The molecule has 0 bridgehead atoms. The number of aromatic nitrogens is 1. The van der Waals surface area contributed by atoms with Gasteiger partial charge in [-0.05, 0) is 56.8 Å². The molecule has 4 heteroatoms. The fourth-order valence-corrected chi connectivity index (χ4v) is 3.48. The maximum Gasteiger partial charge on any atom is 0.141 e. The van der Waals surface area contributed by atoms with Gasteiger partial charge in [-0.3, -0.25) is 0 Å². The topological polar surface area (TPSA) is 19.4 Å². The molecule has 3 nitrogen and oxygen atoms in total. The third-order valence-corrected chi connectivity index (χ3v) is 4.52. The van der Waals surface area contributed by atoms with Crippen molar-refractivity contribution in [1.82, 2.24) is 9.88 Å². The van der Waals surface area contributed by atoms with Crippen LogP contribution in [0.4, 0.5) is 10.2 Å². The summed E-state index contributed by atoms with van der Waals surface area (Å²) in [6.07, 6.45) is 7.97. The lowest BCUT2D eigenvalue weighted by Crippen LogP contribution is -2.42. The molecule has 0 amide bonds. The summed E-state index contributed by atoms with van der Waals surface area (Å²) in [6, 6.07) is 3.31. The maximum atomic E-state index is 13.0. The van der Waals surface area contributed by atoms with Crippen molar-refractivity contribution in [3.8, 4) is 0 Å². The molecule has 0 N–H and O–H groups in total. The summed E-state index contributed by atoms with van der Waals surface area (Å²) in [5.74, 6) is 1.40.